The van der Waals surface area contributed by atoms with Crippen molar-refractivity contribution < 1.29 is 24.5 Å². The normalized spacial score (nSPS) is 13.3. The Hall–Kier alpha value is -3.86. The van der Waals surface area contributed by atoms with Crippen molar-refractivity contribution >= 4 is 28.3 Å². The van der Waals surface area contributed by atoms with E-state index in [9.17, 15) is 19.8 Å². The van der Waals surface area contributed by atoms with Gasteiger partial charge in [0.2, 0.25) is 5.56 Å². The highest BCUT2D eigenvalue weighted by Crippen LogP contribution is 2.30. The molecule has 3 atom stereocenters. The van der Waals surface area contributed by atoms with E-state index in [0.717, 1.165) is 81.2 Å². The van der Waals surface area contributed by atoms with E-state index in [-0.39, 0.29) is 29.5 Å². The maximum atomic E-state index is 13.2. The van der Waals surface area contributed by atoms with Gasteiger partial charge in [0.15, 0.2) is 0 Å². The van der Waals surface area contributed by atoms with Gasteiger partial charge in [-0.15, -0.1) is 0 Å². The Balaban J connectivity index is 1.20. The van der Waals surface area contributed by atoms with Crippen molar-refractivity contribution in [2.24, 2.45) is 5.92 Å². The lowest BCUT2D eigenvalue weighted by molar-refractivity contribution is 0.0509. The number of ether oxygens (including phenoxy) is 2. The number of pyridine rings is 1. The SMILES string of the molecule is CCCC(CCC)[C@H](CC)OC(=O)NC(c1ccsc1)c1cccc(OCCCCCCNC[C@H](O)c2ccc(O)c3[nH]c(=O)ccc23)c1. The predicted octanol–water partition coefficient (Wildman–Crippen LogP) is 8.37. The standard InChI is InChI=1S/C39H53N3O6S/c1-4-12-27(13-5-2)35(6-3)48-39(46)42-37(29-20-23-49-26-29)28-14-11-15-30(24-28)47-22-10-8-7-9-21-40-25-34(44)31-16-18-33(43)38-32(31)17-19-36(45)41-38/h11,14-20,23-24,26-27,34-35,37,40,43-44H,4-10,12-13,21-22,25H2,1-3H3,(H,41,45)(H,42,46)/t34-,35-,37?/m0/s1. The van der Waals surface area contributed by atoms with Crippen LogP contribution < -0.4 is 20.9 Å². The van der Waals surface area contributed by atoms with Crippen LogP contribution in [0.15, 0.2) is 70.2 Å². The number of aromatic amines is 1. The lowest BCUT2D eigenvalue weighted by Crippen LogP contribution is -2.35. The summed E-state index contributed by atoms with van der Waals surface area (Å²) in [6.07, 6.45) is 7.73. The number of carbonyl (C=O) groups excluding carboxylic acids is 1. The van der Waals surface area contributed by atoms with E-state index in [0.29, 0.717) is 35.5 Å². The first-order chi connectivity index (χ1) is 23.8. The summed E-state index contributed by atoms with van der Waals surface area (Å²) >= 11 is 1.60. The maximum Gasteiger partial charge on any atom is 0.408 e. The summed E-state index contributed by atoms with van der Waals surface area (Å²) in [6.45, 7) is 8.18. The van der Waals surface area contributed by atoms with Crippen LogP contribution >= 0.6 is 11.3 Å². The number of hydrogen-bond acceptors (Lipinski definition) is 8. The Morgan fingerprint density at radius 1 is 0.959 bits per heavy atom. The molecule has 9 nitrogen and oxygen atoms in total. The zero-order valence-electron chi connectivity index (χ0n) is 29.1. The number of nitrogens with one attached hydrogen (secondary N) is 3. The van der Waals surface area contributed by atoms with Crippen LogP contribution in [-0.2, 0) is 4.74 Å². The second-order valence-corrected chi connectivity index (χ2v) is 13.4. The number of hydrogen-bond donors (Lipinski definition) is 5. The average Bonchev–Trinajstić information content (AvgIpc) is 3.64. The number of aliphatic hydroxyl groups is 1. The van der Waals surface area contributed by atoms with Gasteiger partial charge >= 0.3 is 6.09 Å². The molecule has 1 amide bonds. The average molecular weight is 692 g/mol. The monoisotopic (exact) mass is 691 g/mol. The van der Waals surface area contributed by atoms with Gasteiger partial charge in [-0.2, -0.15) is 11.3 Å². The minimum absolute atomic E-state index is 0.0200. The summed E-state index contributed by atoms with van der Waals surface area (Å²) in [6, 6.07) is 15.8. The zero-order chi connectivity index (χ0) is 35.0. The van der Waals surface area contributed by atoms with Crippen molar-refractivity contribution in [3.8, 4) is 11.5 Å². The fourth-order valence-electron chi connectivity index (χ4n) is 6.44. The molecule has 0 aliphatic carbocycles. The molecule has 2 aromatic carbocycles. The number of aromatic hydroxyl groups is 1. The van der Waals surface area contributed by atoms with Crippen molar-refractivity contribution in [1.29, 1.82) is 0 Å². The molecule has 4 aromatic rings. The van der Waals surface area contributed by atoms with E-state index in [1.807, 2.05) is 35.7 Å². The number of fused-ring (bicyclic) bond motifs is 1. The molecule has 0 fully saturated rings. The Morgan fingerprint density at radius 2 is 1.76 bits per heavy atom. The predicted molar refractivity (Wildman–Crippen MR) is 198 cm³/mol. The third-order valence-electron chi connectivity index (χ3n) is 8.96. The number of benzene rings is 2. The van der Waals surface area contributed by atoms with E-state index in [1.165, 1.54) is 12.1 Å². The quantitative estimate of drug-likeness (QED) is 0.0555. The second-order valence-electron chi connectivity index (χ2n) is 12.7. The molecule has 5 N–H and O–H groups in total. The van der Waals surface area contributed by atoms with Crippen LogP contribution in [0.2, 0.25) is 0 Å². The van der Waals surface area contributed by atoms with Gasteiger partial charge < -0.3 is 35.3 Å². The molecule has 2 heterocycles. The van der Waals surface area contributed by atoms with Crippen LogP contribution in [0.25, 0.3) is 10.9 Å². The van der Waals surface area contributed by atoms with Gasteiger partial charge in [-0.05, 0) is 102 Å². The molecule has 0 aliphatic heterocycles. The highest BCUT2D eigenvalue weighted by Gasteiger charge is 2.25. The van der Waals surface area contributed by atoms with Crippen LogP contribution in [0, 0.1) is 5.92 Å². The third kappa shape index (κ3) is 11.3. The fraction of sp³-hybridized carbons (Fsp3) is 0.487. The molecule has 10 heteroatoms. The van der Waals surface area contributed by atoms with Crippen molar-refractivity contribution in [2.75, 3.05) is 19.7 Å². The van der Waals surface area contributed by atoms with Gasteiger partial charge in [0.1, 0.15) is 17.6 Å². The molecule has 4 rings (SSSR count). The largest absolute Gasteiger partial charge is 0.506 e. The number of rotatable bonds is 21. The van der Waals surface area contributed by atoms with Crippen LogP contribution in [-0.4, -0.2) is 47.1 Å². The van der Waals surface area contributed by atoms with Crippen molar-refractivity contribution in [2.45, 2.75) is 96.8 Å². The van der Waals surface area contributed by atoms with E-state index < -0.39 is 6.10 Å². The molecule has 0 aliphatic rings. The Labute approximate surface area is 294 Å². The Kier molecular flexibility index (Phi) is 15.5. The first kappa shape index (κ1) is 38.0. The number of H-pyrrole nitrogens is 1. The molecule has 0 saturated heterocycles. The Bertz CT molecular complexity index is 1620. The van der Waals surface area contributed by atoms with E-state index >= 15 is 0 Å². The van der Waals surface area contributed by atoms with Gasteiger partial charge in [0.25, 0.3) is 0 Å². The summed E-state index contributed by atoms with van der Waals surface area (Å²) in [5.41, 5.74) is 2.65. The van der Waals surface area contributed by atoms with Gasteiger partial charge in [-0.3, -0.25) is 4.79 Å². The number of carbonyl (C=O) groups is 1. The number of unbranched alkanes of at least 4 members (excludes halogenated alkanes) is 3. The lowest BCUT2D eigenvalue weighted by atomic mass is 9.91. The summed E-state index contributed by atoms with van der Waals surface area (Å²) in [5, 5.41) is 32.0. The van der Waals surface area contributed by atoms with Crippen LogP contribution in [0.1, 0.15) is 107 Å². The summed E-state index contributed by atoms with van der Waals surface area (Å²) in [4.78, 5) is 27.5. The summed E-state index contributed by atoms with van der Waals surface area (Å²) < 4.78 is 12.1. The summed E-state index contributed by atoms with van der Waals surface area (Å²) in [7, 11) is 0. The number of thiophene rings is 1. The van der Waals surface area contributed by atoms with E-state index in [2.05, 4.69) is 41.8 Å². The van der Waals surface area contributed by atoms with Crippen molar-refractivity contribution in [3.63, 3.8) is 0 Å². The molecule has 49 heavy (non-hydrogen) atoms. The number of aromatic nitrogens is 1. The second kappa shape index (κ2) is 20.0. The molecule has 2 aromatic heterocycles. The van der Waals surface area contributed by atoms with Crippen molar-refractivity contribution in [1.82, 2.24) is 15.6 Å². The molecule has 0 radical (unpaired) electrons. The summed E-state index contributed by atoms with van der Waals surface area (Å²) in [5.74, 6) is 1.12. The molecule has 0 saturated carbocycles. The zero-order valence-corrected chi connectivity index (χ0v) is 29.9. The van der Waals surface area contributed by atoms with Gasteiger partial charge in [-0.25, -0.2) is 4.79 Å². The smallest absolute Gasteiger partial charge is 0.408 e. The number of amides is 1. The minimum Gasteiger partial charge on any atom is -0.506 e. The van der Waals surface area contributed by atoms with Crippen LogP contribution in [0.5, 0.6) is 11.5 Å². The number of phenolic OH excluding ortho intramolecular Hbond substituents is 1. The highest BCUT2D eigenvalue weighted by atomic mass is 32.1. The van der Waals surface area contributed by atoms with Gasteiger partial charge in [0.05, 0.1) is 24.3 Å². The molecule has 1 unspecified atom stereocenters. The lowest BCUT2D eigenvalue weighted by Gasteiger charge is -2.27. The minimum atomic E-state index is -0.768. The highest BCUT2D eigenvalue weighted by molar-refractivity contribution is 7.08. The third-order valence-corrected chi connectivity index (χ3v) is 9.66. The van der Waals surface area contributed by atoms with Crippen LogP contribution in [0.4, 0.5) is 4.79 Å². The molecule has 0 bridgehead atoms. The first-order valence-corrected chi connectivity index (χ1v) is 18.7. The van der Waals surface area contributed by atoms with E-state index in [4.69, 9.17) is 9.47 Å². The maximum absolute atomic E-state index is 13.2. The van der Waals surface area contributed by atoms with Crippen molar-refractivity contribution in [3.05, 3.63) is 92.4 Å². The number of aliphatic hydroxyl groups excluding tert-OH is 1. The molecule has 0 spiro atoms. The molecular formula is C39H53N3O6S. The molecular weight excluding hydrogens is 639 g/mol. The van der Waals surface area contributed by atoms with Crippen LogP contribution in [0.3, 0.4) is 0 Å². The molecule has 266 valence electrons. The Morgan fingerprint density at radius 3 is 2.49 bits per heavy atom. The van der Waals surface area contributed by atoms with E-state index in [1.54, 1.807) is 23.5 Å². The number of alkyl carbamates (subject to hydrolysis) is 1. The first-order valence-electron chi connectivity index (χ1n) is 17.8. The fourth-order valence-corrected chi connectivity index (χ4v) is 7.12. The van der Waals surface area contributed by atoms with Gasteiger partial charge in [-0.1, -0.05) is 64.7 Å². The number of phenols is 1. The van der Waals surface area contributed by atoms with Gasteiger partial charge in [0, 0.05) is 18.0 Å². The topological polar surface area (TPSA) is 133 Å².